The van der Waals surface area contributed by atoms with E-state index in [0.717, 1.165) is 32.8 Å². The average Bonchev–Trinajstić information content (AvgIpc) is 2.80. The fourth-order valence-corrected chi connectivity index (χ4v) is 2.91. The lowest BCUT2D eigenvalue weighted by Crippen LogP contribution is -2.11. The zero-order chi connectivity index (χ0) is 15.0. The Balaban J connectivity index is 1.94. The minimum Gasteiger partial charge on any atom is -0.378 e. The number of rotatable bonds is 3. The van der Waals surface area contributed by atoms with Gasteiger partial charge in [-0.15, -0.1) is 0 Å². The van der Waals surface area contributed by atoms with Crippen LogP contribution in [0, 0.1) is 13.8 Å². The van der Waals surface area contributed by atoms with Gasteiger partial charge in [0.1, 0.15) is 0 Å². The van der Waals surface area contributed by atoms with Crippen LogP contribution in [-0.2, 0) is 0 Å². The summed E-state index contributed by atoms with van der Waals surface area (Å²) in [5.74, 6) is 0. The van der Waals surface area contributed by atoms with Crippen molar-refractivity contribution < 1.29 is 0 Å². The highest BCUT2D eigenvalue weighted by Crippen LogP contribution is 2.24. The molecule has 1 atom stereocenters. The first-order valence-electron chi connectivity index (χ1n) is 6.88. The zero-order valence-electron chi connectivity index (χ0n) is 12.3. The molecule has 0 bridgehead atoms. The third kappa shape index (κ3) is 2.78. The Hall–Kier alpha value is -1.88. The second-order valence-corrected chi connectivity index (χ2v) is 6.15. The molecule has 2 heterocycles. The van der Waals surface area contributed by atoms with E-state index < -0.39 is 0 Å². The maximum atomic E-state index is 4.50. The van der Waals surface area contributed by atoms with Crippen LogP contribution in [0.1, 0.15) is 29.9 Å². The second-order valence-electron chi connectivity index (χ2n) is 5.23. The number of aromatic nitrogens is 3. The maximum Gasteiger partial charge on any atom is 0.155 e. The number of halogens is 1. The highest BCUT2D eigenvalue weighted by Gasteiger charge is 2.13. The van der Waals surface area contributed by atoms with Gasteiger partial charge in [-0.3, -0.25) is 0 Å². The molecule has 108 valence electrons. The van der Waals surface area contributed by atoms with Crippen molar-refractivity contribution in [2.45, 2.75) is 26.8 Å². The summed E-state index contributed by atoms with van der Waals surface area (Å²) in [6.07, 6.45) is 1.93. The highest BCUT2D eigenvalue weighted by molar-refractivity contribution is 9.10. The molecule has 0 amide bonds. The molecule has 4 nitrogen and oxygen atoms in total. The molecule has 3 aromatic rings. The highest BCUT2D eigenvalue weighted by atomic mass is 79.9. The van der Waals surface area contributed by atoms with E-state index in [4.69, 9.17) is 0 Å². The molecule has 1 unspecified atom stereocenters. The van der Waals surface area contributed by atoms with Gasteiger partial charge in [-0.25, -0.2) is 9.50 Å². The molecule has 0 aliphatic carbocycles. The molecule has 1 aromatic carbocycles. The number of hydrogen-bond acceptors (Lipinski definition) is 3. The molecule has 0 aliphatic heterocycles. The van der Waals surface area contributed by atoms with E-state index >= 15 is 0 Å². The molecule has 0 saturated carbocycles. The lowest BCUT2D eigenvalue weighted by molar-refractivity contribution is 0.798. The van der Waals surface area contributed by atoms with Crippen LogP contribution in [0.2, 0.25) is 0 Å². The van der Waals surface area contributed by atoms with Crippen LogP contribution >= 0.6 is 15.9 Å². The van der Waals surface area contributed by atoms with Crippen LogP contribution < -0.4 is 5.32 Å². The quantitative estimate of drug-likeness (QED) is 0.770. The first-order valence-corrected chi connectivity index (χ1v) is 7.68. The SMILES string of the molecule is Cc1cc2ncc(C(C)Nc3cccc(Br)c3)c(C)n2n1. The Bertz CT molecular complexity index is 794. The van der Waals surface area contributed by atoms with Crippen LogP contribution in [-0.4, -0.2) is 14.6 Å². The topological polar surface area (TPSA) is 42.2 Å². The van der Waals surface area contributed by atoms with Crippen molar-refractivity contribution in [3.8, 4) is 0 Å². The Morgan fingerprint density at radius 2 is 2.05 bits per heavy atom. The van der Waals surface area contributed by atoms with Crippen molar-refractivity contribution in [2.75, 3.05) is 5.32 Å². The van der Waals surface area contributed by atoms with Crippen molar-refractivity contribution in [1.82, 2.24) is 14.6 Å². The van der Waals surface area contributed by atoms with Gasteiger partial charge >= 0.3 is 0 Å². The predicted octanol–water partition coefficient (Wildman–Crippen LogP) is 4.28. The van der Waals surface area contributed by atoms with Gasteiger partial charge in [0.15, 0.2) is 5.65 Å². The predicted molar refractivity (Wildman–Crippen MR) is 88.6 cm³/mol. The van der Waals surface area contributed by atoms with E-state index in [2.05, 4.69) is 57.3 Å². The summed E-state index contributed by atoms with van der Waals surface area (Å²) in [5, 5.41) is 8.00. The Labute approximate surface area is 132 Å². The molecule has 0 radical (unpaired) electrons. The van der Waals surface area contributed by atoms with Crippen molar-refractivity contribution >= 4 is 27.3 Å². The van der Waals surface area contributed by atoms with Gasteiger partial charge in [-0.05, 0) is 39.0 Å². The molecule has 21 heavy (non-hydrogen) atoms. The van der Waals surface area contributed by atoms with Crippen LogP contribution in [0.15, 0.2) is 41.0 Å². The van der Waals surface area contributed by atoms with Crippen molar-refractivity contribution in [1.29, 1.82) is 0 Å². The summed E-state index contributed by atoms with van der Waals surface area (Å²) >= 11 is 3.49. The fourth-order valence-electron chi connectivity index (χ4n) is 2.51. The van der Waals surface area contributed by atoms with Gasteiger partial charge in [0.05, 0.1) is 11.7 Å². The van der Waals surface area contributed by atoms with Gasteiger partial charge in [0.25, 0.3) is 0 Å². The second kappa shape index (κ2) is 5.48. The first-order chi connectivity index (χ1) is 10.0. The molecule has 0 aliphatic rings. The molecule has 2 aromatic heterocycles. The van der Waals surface area contributed by atoms with E-state index in [1.165, 1.54) is 0 Å². The lowest BCUT2D eigenvalue weighted by atomic mass is 10.1. The molecule has 3 rings (SSSR count). The van der Waals surface area contributed by atoms with Crippen LogP contribution in [0.3, 0.4) is 0 Å². The number of nitrogens with one attached hydrogen (secondary N) is 1. The third-order valence-corrected chi connectivity index (χ3v) is 4.05. The normalized spacial score (nSPS) is 12.6. The molecular weight excluding hydrogens is 328 g/mol. The van der Waals surface area contributed by atoms with E-state index in [-0.39, 0.29) is 6.04 Å². The van der Waals surface area contributed by atoms with Crippen molar-refractivity contribution in [2.24, 2.45) is 0 Å². The van der Waals surface area contributed by atoms with Gasteiger partial charge in [0.2, 0.25) is 0 Å². The van der Waals surface area contributed by atoms with E-state index in [9.17, 15) is 0 Å². The number of nitrogens with zero attached hydrogens (tertiary/aromatic N) is 3. The minimum absolute atomic E-state index is 0.153. The molecule has 1 N–H and O–H groups in total. The monoisotopic (exact) mass is 344 g/mol. The maximum absolute atomic E-state index is 4.50. The molecule has 0 spiro atoms. The zero-order valence-corrected chi connectivity index (χ0v) is 13.8. The van der Waals surface area contributed by atoms with E-state index in [1.54, 1.807) is 0 Å². The van der Waals surface area contributed by atoms with Crippen LogP contribution in [0.4, 0.5) is 5.69 Å². The number of aryl methyl sites for hydroxylation is 2. The van der Waals surface area contributed by atoms with E-state index in [0.29, 0.717) is 0 Å². The standard InChI is InChI=1S/C16H17BrN4/c1-10-7-16-18-9-15(12(3)21(16)20-10)11(2)19-14-6-4-5-13(17)8-14/h4-9,11,19H,1-3H3. The lowest BCUT2D eigenvalue weighted by Gasteiger charge is -2.18. The van der Waals surface area contributed by atoms with Crippen molar-refractivity contribution in [3.63, 3.8) is 0 Å². The van der Waals surface area contributed by atoms with Crippen molar-refractivity contribution in [3.05, 3.63) is 58.0 Å². The van der Waals surface area contributed by atoms with E-state index in [1.807, 2.05) is 35.8 Å². The summed E-state index contributed by atoms with van der Waals surface area (Å²) in [4.78, 5) is 4.49. The summed E-state index contributed by atoms with van der Waals surface area (Å²) in [6, 6.07) is 10.3. The number of fused-ring (bicyclic) bond motifs is 1. The minimum atomic E-state index is 0.153. The Morgan fingerprint density at radius 1 is 1.24 bits per heavy atom. The largest absolute Gasteiger partial charge is 0.378 e. The number of hydrogen-bond donors (Lipinski definition) is 1. The molecule has 5 heteroatoms. The summed E-state index contributed by atoms with van der Waals surface area (Å²) in [5.41, 5.74) is 5.21. The fraction of sp³-hybridized carbons (Fsp3) is 0.250. The Kier molecular flexibility index (Phi) is 3.68. The van der Waals surface area contributed by atoms with Crippen LogP contribution in [0.5, 0.6) is 0 Å². The molecular formula is C16H17BrN4. The first kappa shape index (κ1) is 14.1. The Morgan fingerprint density at radius 3 is 2.81 bits per heavy atom. The van der Waals surface area contributed by atoms with Gasteiger partial charge in [-0.1, -0.05) is 22.0 Å². The van der Waals surface area contributed by atoms with Crippen LogP contribution in [0.25, 0.3) is 5.65 Å². The van der Waals surface area contributed by atoms with Gasteiger partial charge in [0, 0.05) is 33.7 Å². The number of anilines is 1. The summed E-state index contributed by atoms with van der Waals surface area (Å²) in [6.45, 7) is 6.19. The average molecular weight is 345 g/mol. The van der Waals surface area contributed by atoms with Gasteiger partial charge in [-0.2, -0.15) is 5.10 Å². The third-order valence-electron chi connectivity index (χ3n) is 3.56. The molecule has 0 fully saturated rings. The summed E-state index contributed by atoms with van der Waals surface area (Å²) < 4.78 is 2.97. The number of benzene rings is 1. The summed E-state index contributed by atoms with van der Waals surface area (Å²) in [7, 11) is 0. The molecule has 0 saturated heterocycles. The van der Waals surface area contributed by atoms with Gasteiger partial charge < -0.3 is 5.32 Å². The smallest absolute Gasteiger partial charge is 0.155 e.